The van der Waals surface area contributed by atoms with E-state index in [-0.39, 0.29) is 17.9 Å². The molecule has 3 aliphatic rings. The first-order valence-electron chi connectivity index (χ1n) is 10.8. The summed E-state index contributed by atoms with van der Waals surface area (Å²) in [5, 5.41) is 3.26. The molecule has 0 aromatic heterocycles. The summed E-state index contributed by atoms with van der Waals surface area (Å²) in [5.41, 5.74) is 2.62. The van der Waals surface area contributed by atoms with Crippen LogP contribution in [-0.4, -0.2) is 55.7 Å². The van der Waals surface area contributed by atoms with Crippen molar-refractivity contribution in [2.24, 2.45) is 5.92 Å². The zero-order chi connectivity index (χ0) is 19.6. The monoisotopic (exact) mass is 391 g/mol. The summed E-state index contributed by atoms with van der Waals surface area (Å²) >= 11 is 0. The highest BCUT2D eigenvalue weighted by Gasteiger charge is 2.42. The maximum Gasteiger partial charge on any atom is 0.225 e. The van der Waals surface area contributed by atoms with Crippen LogP contribution in [0, 0.1) is 5.92 Å². The minimum Gasteiger partial charge on any atom is -0.492 e. The summed E-state index contributed by atoms with van der Waals surface area (Å²) in [6.45, 7) is 4.43. The molecule has 0 spiro atoms. The van der Waals surface area contributed by atoms with E-state index in [1.54, 1.807) is 0 Å². The first-order chi connectivity index (χ1) is 14.3. The third-order valence-electron chi connectivity index (χ3n) is 6.39. The number of anilines is 1. The van der Waals surface area contributed by atoms with Gasteiger partial charge in [0.1, 0.15) is 12.4 Å². The van der Waals surface area contributed by atoms with Crippen molar-refractivity contribution in [2.75, 3.05) is 37.7 Å². The van der Waals surface area contributed by atoms with Crippen molar-refractivity contribution in [3.8, 4) is 5.75 Å². The molecule has 2 aromatic carbocycles. The van der Waals surface area contributed by atoms with Crippen LogP contribution in [0.4, 0.5) is 5.69 Å². The minimum atomic E-state index is 0.0170. The highest BCUT2D eigenvalue weighted by atomic mass is 16.5. The highest BCUT2D eigenvalue weighted by molar-refractivity contribution is 5.82. The molecule has 2 aliphatic heterocycles. The minimum absolute atomic E-state index is 0.0170. The average molecular weight is 392 g/mol. The van der Waals surface area contributed by atoms with E-state index >= 15 is 0 Å². The molecule has 1 aliphatic carbocycles. The second kappa shape index (κ2) is 8.07. The number of amides is 1. The fraction of sp³-hybridized carbons (Fsp3) is 0.458. The number of para-hydroxylation sites is 2. The molecule has 0 bridgehead atoms. The summed E-state index contributed by atoms with van der Waals surface area (Å²) in [7, 11) is 0. The van der Waals surface area contributed by atoms with E-state index in [0.29, 0.717) is 12.6 Å². The summed E-state index contributed by atoms with van der Waals surface area (Å²) < 4.78 is 5.90. The third kappa shape index (κ3) is 4.10. The summed E-state index contributed by atoms with van der Waals surface area (Å²) in [5.74, 6) is 1.17. The van der Waals surface area contributed by atoms with E-state index in [1.165, 1.54) is 11.3 Å². The molecule has 2 heterocycles. The van der Waals surface area contributed by atoms with Gasteiger partial charge in [-0.3, -0.25) is 9.69 Å². The van der Waals surface area contributed by atoms with Gasteiger partial charge in [-0.2, -0.15) is 0 Å². The normalized spacial score (nSPS) is 23.8. The maximum atomic E-state index is 13.0. The van der Waals surface area contributed by atoms with Gasteiger partial charge in [-0.15, -0.1) is 0 Å². The molecule has 0 radical (unpaired) electrons. The average Bonchev–Trinajstić information content (AvgIpc) is 3.58. The second-order valence-electron chi connectivity index (χ2n) is 8.45. The van der Waals surface area contributed by atoms with Crippen LogP contribution < -0.4 is 15.0 Å². The third-order valence-corrected chi connectivity index (χ3v) is 6.39. The Morgan fingerprint density at radius 2 is 1.83 bits per heavy atom. The first-order valence-corrected chi connectivity index (χ1v) is 10.8. The molecule has 1 saturated carbocycles. The molecule has 5 rings (SSSR count). The molecule has 1 amide bonds. The summed E-state index contributed by atoms with van der Waals surface area (Å²) in [4.78, 5) is 18.0. The van der Waals surface area contributed by atoms with Gasteiger partial charge in [-0.1, -0.05) is 36.4 Å². The van der Waals surface area contributed by atoms with E-state index in [0.717, 1.165) is 51.2 Å². The maximum absolute atomic E-state index is 13.0. The van der Waals surface area contributed by atoms with Crippen molar-refractivity contribution in [1.29, 1.82) is 0 Å². The predicted octanol–water partition coefficient (Wildman–Crippen LogP) is 2.71. The van der Waals surface area contributed by atoms with Gasteiger partial charge in [0.05, 0.1) is 12.0 Å². The molecule has 2 atom stereocenters. The van der Waals surface area contributed by atoms with Crippen LogP contribution in [0.2, 0.25) is 0 Å². The van der Waals surface area contributed by atoms with Crippen LogP contribution in [0.15, 0.2) is 54.6 Å². The van der Waals surface area contributed by atoms with Crippen LogP contribution in [0.5, 0.6) is 5.75 Å². The van der Waals surface area contributed by atoms with Crippen molar-refractivity contribution >= 4 is 11.6 Å². The quantitative estimate of drug-likeness (QED) is 0.822. The second-order valence-corrected chi connectivity index (χ2v) is 8.45. The lowest BCUT2D eigenvalue weighted by Gasteiger charge is -2.49. The zero-order valence-electron chi connectivity index (χ0n) is 16.8. The largest absolute Gasteiger partial charge is 0.492 e. The van der Waals surface area contributed by atoms with Crippen LogP contribution in [-0.2, 0) is 11.2 Å². The van der Waals surface area contributed by atoms with Gasteiger partial charge >= 0.3 is 0 Å². The summed E-state index contributed by atoms with van der Waals surface area (Å²) in [6, 6.07) is 19.2. The van der Waals surface area contributed by atoms with Gasteiger partial charge < -0.3 is 15.0 Å². The Morgan fingerprint density at radius 3 is 2.66 bits per heavy atom. The number of nitrogens with one attached hydrogen (secondary N) is 1. The number of hydrogen-bond acceptors (Lipinski definition) is 4. The number of carbonyl (C=O) groups excluding carboxylic acids is 1. The molecule has 1 N–H and O–H groups in total. The molecule has 0 unspecified atom stereocenters. The SMILES string of the molecule is O=C(NC1CC1)[C@@H]1Cc2ccccc2N2CCN(CCOc3ccccc3)C[C@@H]12. The predicted molar refractivity (Wildman–Crippen MR) is 114 cm³/mol. The van der Waals surface area contributed by atoms with Crippen molar-refractivity contribution < 1.29 is 9.53 Å². The van der Waals surface area contributed by atoms with E-state index in [1.807, 2.05) is 30.3 Å². The van der Waals surface area contributed by atoms with Gasteiger partial charge in [0, 0.05) is 37.9 Å². The Kier molecular flexibility index (Phi) is 5.15. The number of fused-ring (bicyclic) bond motifs is 3. The fourth-order valence-corrected chi connectivity index (χ4v) is 4.67. The van der Waals surface area contributed by atoms with E-state index in [9.17, 15) is 4.79 Å². The van der Waals surface area contributed by atoms with Crippen LogP contribution in [0.3, 0.4) is 0 Å². The van der Waals surface area contributed by atoms with Crippen molar-refractivity contribution in [3.63, 3.8) is 0 Å². The number of piperazine rings is 1. The first kappa shape index (κ1) is 18.5. The van der Waals surface area contributed by atoms with Crippen molar-refractivity contribution in [1.82, 2.24) is 10.2 Å². The lowest BCUT2D eigenvalue weighted by atomic mass is 9.83. The fourth-order valence-electron chi connectivity index (χ4n) is 4.67. The van der Waals surface area contributed by atoms with Gasteiger partial charge in [0.25, 0.3) is 0 Å². The van der Waals surface area contributed by atoms with Gasteiger partial charge in [0.2, 0.25) is 5.91 Å². The molecule has 5 heteroatoms. The Labute approximate surface area is 172 Å². The number of ether oxygens (including phenoxy) is 1. The standard InChI is InChI=1S/C24H29N3O2/c28-24(25-19-10-11-19)21-16-18-6-4-5-9-22(18)27-13-12-26(17-23(21)27)14-15-29-20-7-2-1-3-8-20/h1-9,19,21,23H,10-17H2,(H,25,28)/t21-,23+/m1/s1. The van der Waals surface area contributed by atoms with E-state index in [2.05, 4.69) is 39.4 Å². The number of carbonyl (C=O) groups is 1. The van der Waals surface area contributed by atoms with Gasteiger partial charge in [-0.25, -0.2) is 0 Å². The van der Waals surface area contributed by atoms with Crippen LogP contribution in [0.1, 0.15) is 18.4 Å². The lowest BCUT2D eigenvalue weighted by Crippen LogP contribution is -2.61. The van der Waals surface area contributed by atoms with Gasteiger partial charge in [0.15, 0.2) is 0 Å². The molecular weight excluding hydrogens is 362 g/mol. The van der Waals surface area contributed by atoms with Crippen LogP contribution in [0.25, 0.3) is 0 Å². The van der Waals surface area contributed by atoms with E-state index < -0.39 is 0 Å². The number of nitrogens with zero attached hydrogens (tertiary/aromatic N) is 2. The Morgan fingerprint density at radius 1 is 1.03 bits per heavy atom. The molecule has 152 valence electrons. The molecule has 5 nitrogen and oxygen atoms in total. The molecule has 29 heavy (non-hydrogen) atoms. The number of hydrogen-bond donors (Lipinski definition) is 1. The summed E-state index contributed by atoms with van der Waals surface area (Å²) in [6.07, 6.45) is 3.10. The molecule has 2 fully saturated rings. The zero-order valence-corrected chi connectivity index (χ0v) is 16.8. The van der Waals surface area contributed by atoms with Gasteiger partial charge in [-0.05, 0) is 43.0 Å². The Balaban J connectivity index is 1.27. The topological polar surface area (TPSA) is 44.8 Å². The molecule has 1 saturated heterocycles. The van der Waals surface area contributed by atoms with Crippen molar-refractivity contribution in [2.45, 2.75) is 31.3 Å². The smallest absolute Gasteiger partial charge is 0.225 e. The molecular formula is C24H29N3O2. The molecule has 2 aromatic rings. The van der Waals surface area contributed by atoms with E-state index in [4.69, 9.17) is 4.74 Å². The Bertz CT molecular complexity index is 852. The lowest BCUT2D eigenvalue weighted by molar-refractivity contribution is -0.126. The number of rotatable bonds is 6. The van der Waals surface area contributed by atoms with Crippen molar-refractivity contribution in [3.05, 3.63) is 60.2 Å². The highest BCUT2D eigenvalue weighted by Crippen LogP contribution is 2.36. The van der Waals surface area contributed by atoms with Crippen LogP contribution >= 0.6 is 0 Å². The number of benzene rings is 2. The Hall–Kier alpha value is -2.53.